The normalized spacial score (nSPS) is 14.1. The van der Waals surface area contributed by atoms with Gasteiger partial charge in [0.25, 0.3) is 0 Å². The van der Waals surface area contributed by atoms with Gasteiger partial charge in [-0.3, -0.25) is 9.79 Å². The third kappa shape index (κ3) is 11.7. The van der Waals surface area contributed by atoms with E-state index in [1.54, 1.807) is 19.9 Å². The summed E-state index contributed by atoms with van der Waals surface area (Å²) in [5.74, 6) is 1.02. The molecule has 4 heteroatoms. The van der Waals surface area contributed by atoms with Crippen LogP contribution in [0.5, 0.6) is 0 Å². The van der Waals surface area contributed by atoms with Crippen LogP contribution < -0.4 is 0 Å². The average molecular weight is 512 g/mol. The van der Waals surface area contributed by atoms with Crippen LogP contribution in [0.4, 0.5) is 10.1 Å². The molecule has 0 aliphatic heterocycles. The zero-order valence-electron chi connectivity index (χ0n) is 24.7. The zero-order chi connectivity index (χ0) is 28.2. The van der Waals surface area contributed by atoms with E-state index in [4.69, 9.17) is 0 Å². The number of ketones is 1. The standard InChI is InChI=1S/C15H22FNO.C13H18O.C5H10/c1-6-7-11(3)17-14-10(2)8-12(9-13(14)16)15(4,5)18;1-4-12(14)10-13(2,3)11-8-6-5-7-9-11;1-5-3-2-4-5/h8-9,18H,6-7H2,1-5H3;5-9H,4,10H2,1-3H3;5H,2-4H2,1H3. The Kier molecular flexibility index (Phi) is 13.4. The quantitative estimate of drug-likeness (QED) is 0.359. The number of aryl methyl sites for hydroxylation is 1. The van der Waals surface area contributed by atoms with Gasteiger partial charge in [0.1, 0.15) is 17.3 Å². The van der Waals surface area contributed by atoms with Crippen molar-refractivity contribution in [3.05, 3.63) is 65.0 Å². The van der Waals surface area contributed by atoms with Crippen LogP contribution in [-0.2, 0) is 15.8 Å². The summed E-state index contributed by atoms with van der Waals surface area (Å²) in [4.78, 5) is 15.7. The fourth-order valence-corrected chi connectivity index (χ4v) is 4.06. The summed E-state index contributed by atoms with van der Waals surface area (Å²) < 4.78 is 14.0. The van der Waals surface area contributed by atoms with Gasteiger partial charge in [-0.1, -0.05) is 96.7 Å². The minimum atomic E-state index is -1.04. The predicted molar refractivity (Wildman–Crippen MR) is 156 cm³/mol. The number of hydrogen-bond acceptors (Lipinski definition) is 3. The summed E-state index contributed by atoms with van der Waals surface area (Å²) in [5.41, 5.74) is 2.80. The Balaban J connectivity index is 0.000000317. The molecule has 3 rings (SSSR count). The van der Waals surface area contributed by atoms with Crippen molar-refractivity contribution in [2.75, 3.05) is 0 Å². The first kappa shape index (κ1) is 32.7. The highest BCUT2D eigenvalue weighted by atomic mass is 19.1. The Morgan fingerprint density at radius 3 is 2.03 bits per heavy atom. The van der Waals surface area contributed by atoms with Crippen LogP contribution in [0.3, 0.4) is 0 Å². The van der Waals surface area contributed by atoms with Crippen molar-refractivity contribution in [2.24, 2.45) is 10.9 Å². The molecular formula is C33H50FNO2. The van der Waals surface area contributed by atoms with E-state index >= 15 is 0 Å². The largest absolute Gasteiger partial charge is 0.386 e. The number of halogens is 1. The van der Waals surface area contributed by atoms with Gasteiger partial charge in [-0.05, 0) is 68.2 Å². The monoisotopic (exact) mass is 511 g/mol. The van der Waals surface area contributed by atoms with Gasteiger partial charge in [0.15, 0.2) is 0 Å². The number of benzene rings is 2. The molecule has 37 heavy (non-hydrogen) atoms. The number of nitrogens with zero attached hydrogens (tertiary/aromatic N) is 1. The summed E-state index contributed by atoms with van der Waals surface area (Å²) in [6, 6.07) is 13.4. The summed E-state index contributed by atoms with van der Waals surface area (Å²) in [5, 5.41) is 9.89. The second-order valence-corrected chi connectivity index (χ2v) is 11.6. The van der Waals surface area contributed by atoms with E-state index in [0.29, 0.717) is 29.9 Å². The van der Waals surface area contributed by atoms with Crippen molar-refractivity contribution in [1.29, 1.82) is 0 Å². The first-order chi connectivity index (χ1) is 17.2. The molecule has 0 spiro atoms. The molecule has 0 bridgehead atoms. The third-order valence-electron chi connectivity index (χ3n) is 6.86. The molecule has 0 amide bonds. The molecule has 0 heterocycles. The number of Topliss-reactive ketones (excluding diaryl/α,β-unsaturated/α-hetero) is 1. The lowest BCUT2D eigenvalue weighted by Crippen LogP contribution is -2.21. The van der Waals surface area contributed by atoms with Gasteiger partial charge in [-0.15, -0.1) is 0 Å². The number of carbonyl (C=O) groups is 1. The minimum absolute atomic E-state index is 0.0334. The summed E-state index contributed by atoms with van der Waals surface area (Å²) >= 11 is 0. The van der Waals surface area contributed by atoms with Crippen molar-refractivity contribution in [3.8, 4) is 0 Å². The molecule has 2 aromatic rings. The molecule has 0 aromatic heterocycles. The highest BCUT2D eigenvalue weighted by molar-refractivity contribution is 5.85. The Morgan fingerprint density at radius 1 is 1.05 bits per heavy atom. The van der Waals surface area contributed by atoms with E-state index in [-0.39, 0.29) is 11.2 Å². The van der Waals surface area contributed by atoms with Gasteiger partial charge in [-0.25, -0.2) is 4.39 Å². The van der Waals surface area contributed by atoms with Crippen molar-refractivity contribution in [1.82, 2.24) is 0 Å². The van der Waals surface area contributed by atoms with Crippen molar-refractivity contribution < 1.29 is 14.3 Å². The molecule has 0 atom stereocenters. The number of aliphatic hydroxyl groups is 1. The van der Waals surface area contributed by atoms with Gasteiger partial charge in [0.2, 0.25) is 0 Å². The summed E-state index contributed by atoms with van der Waals surface area (Å²) in [6.07, 6.45) is 7.59. The molecule has 1 N–H and O–H groups in total. The van der Waals surface area contributed by atoms with Crippen LogP contribution in [-0.4, -0.2) is 16.6 Å². The molecule has 0 unspecified atom stereocenters. The fraction of sp³-hybridized carbons (Fsp3) is 0.576. The molecular weight excluding hydrogens is 461 g/mol. The molecule has 1 fully saturated rings. The Bertz CT molecular complexity index is 976. The molecule has 2 aromatic carbocycles. The van der Waals surface area contributed by atoms with E-state index < -0.39 is 5.60 Å². The van der Waals surface area contributed by atoms with E-state index in [9.17, 15) is 14.3 Å². The van der Waals surface area contributed by atoms with E-state index in [2.05, 4.69) is 44.8 Å². The van der Waals surface area contributed by atoms with Gasteiger partial charge >= 0.3 is 0 Å². The lowest BCUT2D eigenvalue weighted by atomic mass is 9.80. The number of carbonyl (C=O) groups excluding carboxylic acids is 1. The van der Waals surface area contributed by atoms with E-state index in [1.807, 2.05) is 39.0 Å². The first-order valence-electron chi connectivity index (χ1n) is 13.9. The van der Waals surface area contributed by atoms with E-state index in [1.165, 1.54) is 30.9 Å². The molecule has 1 aliphatic carbocycles. The van der Waals surface area contributed by atoms with Crippen LogP contribution in [0, 0.1) is 18.7 Å². The van der Waals surface area contributed by atoms with Crippen molar-refractivity contribution in [3.63, 3.8) is 0 Å². The molecule has 1 aliphatic rings. The van der Waals surface area contributed by atoms with Crippen molar-refractivity contribution >= 4 is 17.2 Å². The second kappa shape index (κ2) is 15.2. The van der Waals surface area contributed by atoms with Gasteiger partial charge in [0.05, 0.1) is 5.60 Å². The topological polar surface area (TPSA) is 49.7 Å². The molecule has 0 radical (unpaired) electrons. The maximum absolute atomic E-state index is 14.0. The summed E-state index contributed by atoms with van der Waals surface area (Å²) in [6.45, 7) is 17.6. The van der Waals surface area contributed by atoms with E-state index in [0.717, 1.165) is 30.0 Å². The maximum atomic E-state index is 14.0. The predicted octanol–water partition coefficient (Wildman–Crippen LogP) is 9.39. The minimum Gasteiger partial charge on any atom is -0.386 e. The number of aliphatic imine (C=N–C) groups is 1. The van der Waals surface area contributed by atoms with Crippen molar-refractivity contribution in [2.45, 2.75) is 118 Å². The Hall–Kier alpha value is -2.33. The highest BCUT2D eigenvalue weighted by Gasteiger charge is 2.23. The average Bonchev–Trinajstić information content (AvgIpc) is 2.80. The highest BCUT2D eigenvalue weighted by Crippen LogP contribution is 2.30. The SMILES string of the molecule is CC1CCC1.CCC(=O)CC(C)(C)c1ccccc1.CCCC(C)=Nc1c(C)cc(C(C)(C)O)cc1F. The Labute approximate surface area is 225 Å². The van der Waals surface area contributed by atoms with Crippen LogP contribution in [0.2, 0.25) is 0 Å². The van der Waals surface area contributed by atoms with Gasteiger partial charge in [-0.2, -0.15) is 0 Å². The van der Waals surface area contributed by atoms with Crippen LogP contribution in [0.15, 0.2) is 47.5 Å². The Morgan fingerprint density at radius 2 is 1.62 bits per heavy atom. The number of hydrogen-bond donors (Lipinski definition) is 1. The molecule has 1 saturated carbocycles. The zero-order valence-corrected chi connectivity index (χ0v) is 24.7. The second-order valence-electron chi connectivity index (χ2n) is 11.6. The molecule has 0 saturated heterocycles. The molecule has 206 valence electrons. The maximum Gasteiger partial charge on any atom is 0.149 e. The number of rotatable bonds is 8. The smallest absolute Gasteiger partial charge is 0.149 e. The molecule has 3 nitrogen and oxygen atoms in total. The van der Waals surface area contributed by atoms with Gasteiger partial charge in [0, 0.05) is 18.6 Å². The van der Waals surface area contributed by atoms with Gasteiger partial charge < -0.3 is 5.11 Å². The lowest BCUT2D eigenvalue weighted by molar-refractivity contribution is -0.119. The first-order valence-corrected chi connectivity index (χ1v) is 13.9. The summed E-state index contributed by atoms with van der Waals surface area (Å²) in [7, 11) is 0. The fourth-order valence-electron chi connectivity index (χ4n) is 4.06. The lowest BCUT2D eigenvalue weighted by Gasteiger charge is -2.24. The third-order valence-corrected chi connectivity index (χ3v) is 6.86. The van der Waals surface area contributed by atoms with Crippen LogP contribution in [0.25, 0.3) is 0 Å². The van der Waals surface area contributed by atoms with Crippen LogP contribution in [0.1, 0.15) is 117 Å². The van der Waals surface area contributed by atoms with Crippen LogP contribution >= 0.6 is 0 Å².